The van der Waals surface area contributed by atoms with Crippen molar-refractivity contribution in [1.29, 1.82) is 0 Å². The molecule has 0 bridgehead atoms. The lowest BCUT2D eigenvalue weighted by Crippen LogP contribution is -2.17. The minimum Gasteiger partial charge on any atom is -0.384 e. The quantitative estimate of drug-likeness (QED) is 0.793. The van der Waals surface area contributed by atoms with Crippen molar-refractivity contribution in [3.63, 3.8) is 0 Å². The van der Waals surface area contributed by atoms with Crippen LogP contribution >= 0.6 is 0 Å². The highest BCUT2D eigenvalue weighted by Gasteiger charge is 2.20. The molecule has 0 atom stereocenters. The molecule has 1 heterocycles. The molecule has 1 aromatic carbocycles. The smallest absolute Gasteiger partial charge is 0.265 e. The Morgan fingerprint density at radius 1 is 1.43 bits per heavy atom. The van der Waals surface area contributed by atoms with Crippen LogP contribution < -0.4 is 4.72 Å². The number of hydrogen-bond donors (Lipinski definition) is 2. The Morgan fingerprint density at radius 2 is 2.19 bits per heavy atom. The number of nitrogens with zero attached hydrogens (tertiary/aromatic N) is 3. The van der Waals surface area contributed by atoms with Crippen molar-refractivity contribution in [1.82, 2.24) is 14.8 Å². The van der Waals surface area contributed by atoms with Gasteiger partial charge in [-0.05, 0) is 24.6 Å². The van der Waals surface area contributed by atoms with Crippen LogP contribution in [0.3, 0.4) is 0 Å². The fraction of sp³-hybridized carbons (Fsp3) is 0.231. The van der Waals surface area contributed by atoms with Gasteiger partial charge in [-0.15, -0.1) is 0 Å². The predicted molar refractivity (Wildman–Crippen MR) is 77.0 cm³/mol. The van der Waals surface area contributed by atoms with Crippen LogP contribution in [0.2, 0.25) is 0 Å². The third-order valence-electron chi connectivity index (χ3n) is 2.66. The third kappa shape index (κ3) is 3.39. The first-order valence-electron chi connectivity index (χ1n) is 6.01. The second kappa shape index (κ2) is 5.95. The molecule has 0 fully saturated rings. The number of sulfonamides is 1. The Balaban J connectivity index is 2.47. The highest BCUT2D eigenvalue weighted by molar-refractivity contribution is 7.92. The van der Waals surface area contributed by atoms with Gasteiger partial charge >= 0.3 is 0 Å². The minimum absolute atomic E-state index is 0.0250. The summed E-state index contributed by atoms with van der Waals surface area (Å²) >= 11 is 0. The van der Waals surface area contributed by atoms with Gasteiger partial charge < -0.3 is 5.11 Å². The summed E-state index contributed by atoms with van der Waals surface area (Å²) in [5.41, 5.74) is 1.19. The normalized spacial score (nSPS) is 10.8. The van der Waals surface area contributed by atoms with Gasteiger partial charge in [-0.1, -0.05) is 17.9 Å². The maximum Gasteiger partial charge on any atom is 0.265 e. The number of aromatic nitrogens is 3. The highest BCUT2D eigenvalue weighted by Crippen LogP contribution is 2.19. The molecule has 0 saturated carbocycles. The van der Waals surface area contributed by atoms with Crippen LogP contribution in [0.1, 0.15) is 11.1 Å². The Morgan fingerprint density at radius 3 is 2.81 bits per heavy atom. The molecule has 21 heavy (non-hydrogen) atoms. The van der Waals surface area contributed by atoms with Gasteiger partial charge in [0.1, 0.15) is 17.8 Å². The summed E-state index contributed by atoms with van der Waals surface area (Å²) in [4.78, 5) is 3.85. The Hall–Kier alpha value is -2.37. The molecule has 0 aliphatic heterocycles. The average Bonchev–Trinajstić information content (AvgIpc) is 2.81. The van der Waals surface area contributed by atoms with Gasteiger partial charge in [0.15, 0.2) is 0 Å². The van der Waals surface area contributed by atoms with Crippen molar-refractivity contribution < 1.29 is 13.5 Å². The first-order valence-corrected chi connectivity index (χ1v) is 7.49. The number of benzene rings is 1. The zero-order chi connectivity index (χ0) is 15.5. The lowest BCUT2D eigenvalue weighted by Gasteiger charge is -2.09. The number of nitrogens with one attached hydrogen (secondary N) is 1. The van der Waals surface area contributed by atoms with E-state index in [4.69, 9.17) is 5.11 Å². The summed E-state index contributed by atoms with van der Waals surface area (Å²) < 4.78 is 28.5. The van der Waals surface area contributed by atoms with E-state index in [1.807, 2.05) is 6.92 Å². The summed E-state index contributed by atoms with van der Waals surface area (Å²) in [7, 11) is -2.27. The van der Waals surface area contributed by atoms with E-state index in [2.05, 4.69) is 26.6 Å². The molecule has 7 nitrogen and oxygen atoms in total. The van der Waals surface area contributed by atoms with Crippen LogP contribution in [0.15, 0.2) is 29.4 Å². The van der Waals surface area contributed by atoms with Gasteiger partial charge in [0.05, 0.1) is 0 Å². The van der Waals surface area contributed by atoms with Crippen molar-refractivity contribution in [3.05, 3.63) is 35.7 Å². The van der Waals surface area contributed by atoms with E-state index in [1.54, 1.807) is 19.2 Å². The van der Waals surface area contributed by atoms with Crippen molar-refractivity contribution in [2.75, 3.05) is 11.3 Å². The maximum atomic E-state index is 12.4. The molecule has 8 heteroatoms. The Kier molecular flexibility index (Phi) is 4.26. The lowest BCUT2D eigenvalue weighted by molar-refractivity contribution is 0.350. The molecule has 110 valence electrons. The number of anilines is 1. The summed E-state index contributed by atoms with van der Waals surface area (Å²) in [6.45, 7) is 1.49. The molecule has 0 aliphatic rings. The minimum atomic E-state index is -3.84. The summed E-state index contributed by atoms with van der Waals surface area (Å²) in [5.74, 6) is 5.20. The van der Waals surface area contributed by atoms with Gasteiger partial charge in [-0.25, -0.2) is 17.8 Å². The number of aliphatic hydroxyl groups excluding tert-OH is 1. The van der Waals surface area contributed by atoms with E-state index in [-0.39, 0.29) is 17.5 Å². The molecular weight excluding hydrogens is 292 g/mol. The van der Waals surface area contributed by atoms with Gasteiger partial charge in [0, 0.05) is 12.6 Å². The molecule has 0 spiro atoms. The SMILES string of the molecule is Cc1ccc(S(=O)(=O)Nc2ncnn2C)c(C#CCO)c1. The van der Waals surface area contributed by atoms with Crippen molar-refractivity contribution in [2.24, 2.45) is 7.05 Å². The van der Waals surface area contributed by atoms with E-state index >= 15 is 0 Å². The maximum absolute atomic E-state index is 12.4. The fourth-order valence-corrected chi connectivity index (χ4v) is 2.86. The van der Waals surface area contributed by atoms with Crippen LogP contribution in [0.25, 0.3) is 0 Å². The van der Waals surface area contributed by atoms with Crippen LogP contribution in [0.4, 0.5) is 5.95 Å². The van der Waals surface area contributed by atoms with Gasteiger partial charge in [-0.3, -0.25) is 0 Å². The third-order valence-corrected chi connectivity index (χ3v) is 4.05. The van der Waals surface area contributed by atoms with Crippen LogP contribution in [0.5, 0.6) is 0 Å². The van der Waals surface area contributed by atoms with Crippen molar-refractivity contribution in [2.45, 2.75) is 11.8 Å². The van der Waals surface area contributed by atoms with E-state index in [0.29, 0.717) is 5.56 Å². The predicted octanol–water partition coefficient (Wildman–Crippen LogP) is 0.268. The lowest BCUT2D eigenvalue weighted by atomic mass is 10.1. The number of aliphatic hydroxyl groups is 1. The zero-order valence-corrected chi connectivity index (χ0v) is 12.3. The first-order chi connectivity index (χ1) is 9.94. The monoisotopic (exact) mass is 306 g/mol. The van der Waals surface area contributed by atoms with Gasteiger partial charge in [0.2, 0.25) is 5.95 Å². The van der Waals surface area contributed by atoms with Gasteiger partial charge in [0.25, 0.3) is 10.0 Å². The van der Waals surface area contributed by atoms with E-state index in [1.165, 1.54) is 17.1 Å². The van der Waals surface area contributed by atoms with Crippen molar-refractivity contribution in [3.8, 4) is 11.8 Å². The Labute approximate surface area is 122 Å². The van der Waals surface area contributed by atoms with E-state index in [0.717, 1.165) is 5.56 Å². The van der Waals surface area contributed by atoms with Crippen molar-refractivity contribution >= 4 is 16.0 Å². The fourth-order valence-electron chi connectivity index (χ4n) is 1.67. The molecule has 0 unspecified atom stereocenters. The Bertz CT molecular complexity index is 815. The summed E-state index contributed by atoms with van der Waals surface area (Å²) in [6.07, 6.45) is 1.25. The number of hydrogen-bond acceptors (Lipinski definition) is 5. The standard InChI is InChI=1S/C13H14N4O3S/c1-10-5-6-12(11(8-10)4-3-7-18)21(19,20)16-13-14-9-15-17(13)2/h5-6,8-9,18H,7H2,1-2H3,(H,14,15,16). The molecule has 2 N–H and O–H groups in total. The topological polar surface area (TPSA) is 97.1 Å². The average molecular weight is 306 g/mol. The molecule has 0 amide bonds. The van der Waals surface area contributed by atoms with Crippen LogP contribution in [0, 0.1) is 18.8 Å². The molecule has 1 aromatic heterocycles. The molecule has 0 aliphatic carbocycles. The number of aryl methyl sites for hydroxylation is 2. The molecule has 0 radical (unpaired) electrons. The molecule has 0 saturated heterocycles. The molecule has 2 aromatic rings. The summed E-state index contributed by atoms with van der Waals surface area (Å²) in [6, 6.07) is 4.79. The largest absolute Gasteiger partial charge is 0.384 e. The highest BCUT2D eigenvalue weighted by atomic mass is 32.2. The van der Waals surface area contributed by atoms with Crippen LogP contribution in [-0.2, 0) is 17.1 Å². The number of rotatable bonds is 3. The summed E-state index contributed by atoms with van der Waals surface area (Å²) in [5, 5.41) is 12.6. The van der Waals surface area contributed by atoms with Crippen LogP contribution in [-0.4, -0.2) is 34.9 Å². The first kappa shape index (κ1) is 15.0. The van der Waals surface area contributed by atoms with E-state index < -0.39 is 10.0 Å². The van der Waals surface area contributed by atoms with E-state index in [9.17, 15) is 8.42 Å². The second-order valence-corrected chi connectivity index (χ2v) is 5.92. The molecular formula is C13H14N4O3S. The second-order valence-electron chi connectivity index (χ2n) is 4.27. The molecule has 2 rings (SSSR count). The zero-order valence-electron chi connectivity index (χ0n) is 11.5. The van der Waals surface area contributed by atoms with Gasteiger partial charge in [-0.2, -0.15) is 10.1 Å².